The number of nitrogens with one attached hydrogen (secondary N) is 1. The second kappa shape index (κ2) is 5.96. The standard InChI is InChI=1S/C17H13ClN4OS/c1-24-17-20-16(23)14-11-7-3-5-9-13(11)19-15(22(14)21-17)10-6-2-4-8-12(10)18/h2-9,15H,1H3,(H,20,21,23)/t15-/m1/s1. The molecular formula is C17H13ClN4OS. The first-order valence-corrected chi connectivity index (χ1v) is 8.94. The van der Waals surface area contributed by atoms with E-state index in [1.54, 1.807) is 5.01 Å². The maximum absolute atomic E-state index is 12.7. The van der Waals surface area contributed by atoms with Gasteiger partial charge >= 0.3 is 0 Å². The summed E-state index contributed by atoms with van der Waals surface area (Å²) in [5.74, 6) is -0.186. The third kappa shape index (κ3) is 2.39. The number of carbonyl (C=O) groups excluding carboxylic acids is 1. The van der Waals surface area contributed by atoms with Crippen LogP contribution in [0.2, 0.25) is 5.02 Å². The Morgan fingerprint density at radius 1 is 1.17 bits per heavy atom. The molecule has 0 saturated carbocycles. The van der Waals surface area contributed by atoms with Crippen LogP contribution in [-0.2, 0) is 4.79 Å². The molecule has 5 nitrogen and oxygen atoms in total. The molecule has 0 unspecified atom stereocenters. The van der Waals surface area contributed by atoms with E-state index in [1.165, 1.54) is 11.8 Å². The molecule has 2 aliphatic rings. The topological polar surface area (TPSA) is 57.1 Å². The predicted molar refractivity (Wildman–Crippen MR) is 95.8 cm³/mol. The molecule has 0 saturated heterocycles. The van der Waals surface area contributed by atoms with Crippen LogP contribution in [0.4, 0.5) is 0 Å². The van der Waals surface area contributed by atoms with E-state index >= 15 is 0 Å². The van der Waals surface area contributed by atoms with Crippen molar-refractivity contribution in [2.45, 2.75) is 6.17 Å². The van der Waals surface area contributed by atoms with Crippen molar-refractivity contribution in [3.05, 3.63) is 69.7 Å². The second-order valence-corrected chi connectivity index (χ2v) is 6.50. The van der Waals surface area contributed by atoms with Gasteiger partial charge in [-0.2, -0.15) is 0 Å². The number of halogens is 1. The van der Waals surface area contributed by atoms with Crippen molar-refractivity contribution in [1.82, 2.24) is 10.3 Å². The van der Waals surface area contributed by atoms with E-state index in [9.17, 15) is 4.79 Å². The van der Waals surface area contributed by atoms with Crippen LogP contribution in [0.1, 0.15) is 11.7 Å². The molecule has 0 aliphatic carbocycles. The van der Waals surface area contributed by atoms with Crippen molar-refractivity contribution >= 4 is 40.1 Å². The zero-order valence-corrected chi connectivity index (χ0v) is 14.3. The molecule has 1 amide bonds. The van der Waals surface area contributed by atoms with Gasteiger partial charge in [-0.05, 0) is 18.4 Å². The molecule has 2 aromatic rings. The molecule has 1 atom stereocenters. The Kier molecular flexibility index (Phi) is 3.78. The van der Waals surface area contributed by atoms with Crippen LogP contribution in [0.5, 0.6) is 0 Å². The highest BCUT2D eigenvalue weighted by atomic mass is 35.5. The minimum absolute atomic E-state index is 0.186. The molecule has 0 bridgehead atoms. The van der Waals surface area contributed by atoms with Crippen LogP contribution in [0.3, 0.4) is 0 Å². The number of fused-ring (bicyclic) bond motifs is 2. The largest absolute Gasteiger partial charge is 0.298 e. The number of amides is 1. The van der Waals surface area contributed by atoms with Crippen molar-refractivity contribution in [3.8, 4) is 0 Å². The van der Waals surface area contributed by atoms with Crippen molar-refractivity contribution in [3.63, 3.8) is 0 Å². The van der Waals surface area contributed by atoms with E-state index in [2.05, 4.69) is 10.4 Å². The summed E-state index contributed by atoms with van der Waals surface area (Å²) in [4.78, 5) is 17.5. The van der Waals surface area contributed by atoms with Gasteiger partial charge in [0.15, 0.2) is 11.3 Å². The third-order valence-corrected chi connectivity index (χ3v) is 4.81. The maximum Gasteiger partial charge on any atom is 0.276 e. The Morgan fingerprint density at radius 3 is 2.71 bits per heavy atom. The molecule has 0 aromatic heterocycles. The summed E-state index contributed by atoms with van der Waals surface area (Å²) in [5.41, 5.74) is 1.30. The van der Waals surface area contributed by atoms with Crippen molar-refractivity contribution in [2.75, 3.05) is 6.26 Å². The summed E-state index contributed by atoms with van der Waals surface area (Å²) in [7, 11) is 0. The van der Waals surface area contributed by atoms with Crippen LogP contribution >= 0.6 is 23.4 Å². The lowest BCUT2D eigenvalue weighted by molar-refractivity contribution is -0.116. The lowest BCUT2D eigenvalue weighted by Gasteiger charge is -2.34. The summed E-state index contributed by atoms with van der Waals surface area (Å²) < 4.78 is 0. The first-order chi connectivity index (χ1) is 11.7. The molecule has 0 spiro atoms. The van der Waals surface area contributed by atoms with E-state index in [4.69, 9.17) is 16.6 Å². The molecule has 0 radical (unpaired) electrons. The van der Waals surface area contributed by atoms with E-state index in [0.717, 1.165) is 16.1 Å². The Hall–Kier alpha value is -2.31. The van der Waals surface area contributed by atoms with Crippen LogP contribution in [-0.4, -0.2) is 22.3 Å². The number of para-hydroxylation sites is 1. The number of rotatable bonds is 1. The zero-order valence-electron chi connectivity index (χ0n) is 12.7. The summed E-state index contributed by atoms with van der Waals surface area (Å²) in [5, 5.41) is 11.7. The van der Waals surface area contributed by atoms with E-state index in [-0.39, 0.29) is 5.91 Å². The lowest BCUT2D eigenvalue weighted by Crippen LogP contribution is -2.50. The fourth-order valence-electron chi connectivity index (χ4n) is 2.81. The zero-order chi connectivity index (χ0) is 16.7. The molecule has 0 fully saturated rings. The number of carbonyl (C=O) groups is 1. The minimum Gasteiger partial charge on any atom is -0.298 e. The number of nitrogens with zero attached hydrogens (tertiary/aromatic N) is 3. The monoisotopic (exact) mass is 356 g/mol. The summed E-state index contributed by atoms with van der Waals surface area (Å²) in [6, 6.07) is 15.1. The van der Waals surface area contributed by atoms with Gasteiger partial charge in [-0.1, -0.05) is 59.8 Å². The normalized spacial score (nSPS) is 19.0. The van der Waals surface area contributed by atoms with Gasteiger partial charge in [0, 0.05) is 15.8 Å². The highest BCUT2D eigenvalue weighted by Gasteiger charge is 2.34. The highest BCUT2D eigenvalue weighted by Crippen LogP contribution is 2.33. The molecule has 4 rings (SSSR count). The van der Waals surface area contributed by atoms with Gasteiger partial charge in [0.2, 0.25) is 0 Å². The van der Waals surface area contributed by atoms with Gasteiger partial charge in [-0.3, -0.25) is 15.1 Å². The third-order valence-electron chi connectivity index (χ3n) is 3.89. The van der Waals surface area contributed by atoms with Crippen molar-refractivity contribution in [2.24, 2.45) is 10.1 Å². The van der Waals surface area contributed by atoms with Crippen LogP contribution in [0.25, 0.3) is 5.70 Å². The van der Waals surface area contributed by atoms with Crippen molar-refractivity contribution < 1.29 is 4.79 Å². The number of hydrazone groups is 1. The van der Waals surface area contributed by atoms with Crippen LogP contribution < -0.4 is 15.9 Å². The average molecular weight is 357 g/mol. The molecule has 2 aliphatic heterocycles. The SMILES string of the molecule is CSC1=NN2C(=c3ccccc3=N[C@H]2c2ccccc2Cl)C(=O)N1. The number of thioether (sulfide) groups is 1. The van der Waals surface area contributed by atoms with Gasteiger partial charge in [0.1, 0.15) is 5.70 Å². The lowest BCUT2D eigenvalue weighted by atomic mass is 10.1. The number of benzene rings is 2. The minimum atomic E-state index is -0.475. The predicted octanol–water partition coefficient (Wildman–Crippen LogP) is 1.85. The fraction of sp³-hybridized carbons (Fsp3) is 0.118. The smallest absolute Gasteiger partial charge is 0.276 e. The number of hydrogen-bond donors (Lipinski definition) is 1. The molecular weight excluding hydrogens is 344 g/mol. The highest BCUT2D eigenvalue weighted by molar-refractivity contribution is 8.13. The van der Waals surface area contributed by atoms with Gasteiger partial charge in [0.25, 0.3) is 5.91 Å². The van der Waals surface area contributed by atoms with Crippen LogP contribution in [0.15, 0.2) is 58.6 Å². The van der Waals surface area contributed by atoms with Gasteiger partial charge in [-0.25, -0.2) is 5.01 Å². The molecule has 7 heteroatoms. The summed E-state index contributed by atoms with van der Waals surface area (Å²) in [6.07, 6.45) is 1.39. The molecule has 2 heterocycles. The Bertz CT molecular complexity index is 988. The first kappa shape index (κ1) is 15.2. The van der Waals surface area contributed by atoms with Gasteiger partial charge < -0.3 is 0 Å². The van der Waals surface area contributed by atoms with Crippen LogP contribution in [0, 0.1) is 0 Å². The van der Waals surface area contributed by atoms with Gasteiger partial charge in [-0.15, -0.1) is 5.10 Å². The Labute approximate surface area is 147 Å². The summed E-state index contributed by atoms with van der Waals surface area (Å²) >= 11 is 7.75. The first-order valence-electron chi connectivity index (χ1n) is 7.34. The number of amidine groups is 1. The second-order valence-electron chi connectivity index (χ2n) is 5.30. The number of hydrogen-bond acceptors (Lipinski definition) is 5. The molecule has 24 heavy (non-hydrogen) atoms. The molecule has 120 valence electrons. The van der Waals surface area contributed by atoms with E-state index in [0.29, 0.717) is 15.9 Å². The quantitative estimate of drug-likeness (QED) is 0.848. The van der Waals surface area contributed by atoms with E-state index in [1.807, 2.05) is 54.8 Å². The fourth-order valence-corrected chi connectivity index (χ4v) is 3.40. The van der Waals surface area contributed by atoms with Gasteiger partial charge in [0.05, 0.1) is 5.36 Å². The Morgan fingerprint density at radius 2 is 1.92 bits per heavy atom. The molecule has 1 N–H and O–H groups in total. The summed E-state index contributed by atoms with van der Waals surface area (Å²) in [6.45, 7) is 0. The Balaban J connectivity index is 2.02. The van der Waals surface area contributed by atoms with E-state index < -0.39 is 6.17 Å². The average Bonchev–Trinajstić information content (AvgIpc) is 2.61. The van der Waals surface area contributed by atoms with Crippen molar-refractivity contribution in [1.29, 1.82) is 0 Å². The maximum atomic E-state index is 12.7. The molecule has 2 aromatic carbocycles.